The maximum absolute atomic E-state index is 10.9. The van der Waals surface area contributed by atoms with Gasteiger partial charge in [-0.1, -0.05) is 6.42 Å². The minimum atomic E-state index is 0.303. The summed E-state index contributed by atoms with van der Waals surface area (Å²) in [6, 6.07) is 0.538. The monoisotopic (exact) mass is 125 g/mol. The molecule has 2 heteroatoms. The van der Waals surface area contributed by atoms with Crippen LogP contribution in [0.5, 0.6) is 0 Å². The molecule has 1 saturated carbocycles. The van der Waals surface area contributed by atoms with Crippen molar-refractivity contribution < 1.29 is 4.79 Å². The first kappa shape index (κ1) is 5.27. The molecule has 9 heavy (non-hydrogen) atoms. The van der Waals surface area contributed by atoms with Gasteiger partial charge in [-0.3, -0.25) is 4.79 Å². The molecule has 0 aromatic carbocycles. The average molecular weight is 125 g/mol. The Kier molecular flexibility index (Phi) is 1.01. The summed E-state index contributed by atoms with van der Waals surface area (Å²) in [5, 5.41) is 2.98. The van der Waals surface area contributed by atoms with E-state index in [4.69, 9.17) is 0 Å². The molecule has 0 radical (unpaired) electrons. The van der Waals surface area contributed by atoms with Crippen molar-refractivity contribution in [1.29, 1.82) is 0 Å². The number of carbonyl (C=O) groups is 1. The molecule has 0 spiro atoms. The second-order valence-electron chi connectivity index (χ2n) is 3.07. The molecule has 1 saturated heterocycles. The molecule has 2 atom stereocenters. The highest BCUT2D eigenvalue weighted by Crippen LogP contribution is 2.29. The molecule has 0 aromatic rings. The van der Waals surface area contributed by atoms with Gasteiger partial charge in [-0.2, -0.15) is 0 Å². The first-order chi connectivity index (χ1) is 4.36. The summed E-state index contributed by atoms with van der Waals surface area (Å²) in [6.07, 6.45) is 4.69. The van der Waals surface area contributed by atoms with Gasteiger partial charge >= 0.3 is 0 Å². The molecule has 2 aliphatic rings. The summed E-state index contributed by atoms with van der Waals surface area (Å²) < 4.78 is 0. The van der Waals surface area contributed by atoms with E-state index < -0.39 is 0 Å². The predicted octanol–water partition coefficient (Wildman–Crippen LogP) is 0.675. The predicted molar refractivity (Wildman–Crippen MR) is 33.9 cm³/mol. The van der Waals surface area contributed by atoms with Gasteiger partial charge in [0.2, 0.25) is 5.91 Å². The molecule has 0 unspecified atom stereocenters. The van der Waals surface area contributed by atoms with Gasteiger partial charge in [-0.05, 0) is 19.3 Å². The number of hydrogen-bond acceptors (Lipinski definition) is 1. The van der Waals surface area contributed by atoms with Crippen molar-refractivity contribution in [3.05, 3.63) is 0 Å². The number of rotatable bonds is 0. The van der Waals surface area contributed by atoms with Gasteiger partial charge in [0.25, 0.3) is 0 Å². The third kappa shape index (κ3) is 0.732. The molecule has 2 fully saturated rings. The van der Waals surface area contributed by atoms with E-state index in [-0.39, 0.29) is 0 Å². The fourth-order valence-corrected chi connectivity index (χ4v) is 1.88. The number of amides is 1. The van der Waals surface area contributed by atoms with Crippen LogP contribution in [0.1, 0.15) is 25.7 Å². The Balaban J connectivity index is 2.15. The largest absolute Gasteiger partial charge is 0.353 e. The van der Waals surface area contributed by atoms with Crippen LogP contribution in [-0.4, -0.2) is 11.9 Å². The SMILES string of the molecule is O=C1N[C@H]2CCC[C@@H]1C2. The lowest BCUT2D eigenvalue weighted by Crippen LogP contribution is -2.24. The zero-order valence-corrected chi connectivity index (χ0v) is 5.39. The fourth-order valence-electron chi connectivity index (χ4n) is 1.88. The summed E-state index contributed by atoms with van der Waals surface area (Å²) in [7, 11) is 0. The van der Waals surface area contributed by atoms with Crippen LogP contribution >= 0.6 is 0 Å². The molecule has 50 valence electrons. The lowest BCUT2D eigenvalue weighted by atomic mass is 9.90. The maximum atomic E-state index is 10.9. The summed E-state index contributed by atoms with van der Waals surface area (Å²) in [6.45, 7) is 0. The van der Waals surface area contributed by atoms with Crippen molar-refractivity contribution in [1.82, 2.24) is 5.32 Å². The topological polar surface area (TPSA) is 29.1 Å². The van der Waals surface area contributed by atoms with Crippen LogP contribution in [0.3, 0.4) is 0 Å². The van der Waals surface area contributed by atoms with Crippen LogP contribution in [0.25, 0.3) is 0 Å². The van der Waals surface area contributed by atoms with Crippen molar-refractivity contribution in [2.45, 2.75) is 31.7 Å². The van der Waals surface area contributed by atoms with Crippen LogP contribution < -0.4 is 5.32 Å². The molecule has 1 N–H and O–H groups in total. The van der Waals surface area contributed by atoms with Crippen molar-refractivity contribution in [2.75, 3.05) is 0 Å². The van der Waals surface area contributed by atoms with Crippen LogP contribution in [-0.2, 0) is 4.79 Å². The van der Waals surface area contributed by atoms with E-state index in [2.05, 4.69) is 5.32 Å². The van der Waals surface area contributed by atoms with Gasteiger partial charge < -0.3 is 5.32 Å². The number of fused-ring (bicyclic) bond motifs is 2. The molecule has 1 aliphatic heterocycles. The third-order valence-electron chi connectivity index (χ3n) is 2.39. The van der Waals surface area contributed by atoms with E-state index in [1.54, 1.807) is 0 Å². The van der Waals surface area contributed by atoms with E-state index >= 15 is 0 Å². The van der Waals surface area contributed by atoms with Crippen LogP contribution in [0.2, 0.25) is 0 Å². The second-order valence-corrected chi connectivity index (χ2v) is 3.07. The van der Waals surface area contributed by atoms with Crippen LogP contribution in [0, 0.1) is 5.92 Å². The Hall–Kier alpha value is -0.530. The zero-order valence-electron chi connectivity index (χ0n) is 5.39. The first-order valence-electron chi connectivity index (χ1n) is 3.66. The lowest BCUT2D eigenvalue weighted by molar-refractivity contribution is -0.122. The highest BCUT2D eigenvalue weighted by atomic mass is 16.2. The van der Waals surface area contributed by atoms with Gasteiger partial charge in [0.05, 0.1) is 0 Å². The fraction of sp³-hybridized carbons (Fsp3) is 0.857. The Morgan fingerprint density at radius 3 is 3.00 bits per heavy atom. The molecule has 1 heterocycles. The molecule has 2 bridgehead atoms. The Morgan fingerprint density at radius 2 is 2.33 bits per heavy atom. The number of hydrogen-bond donors (Lipinski definition) is 1. The number of carbonyl (C=O) groups excluding carboxylic acids is 1. The van der Waals surface area contributed by atoms with Gasteiger partial charge in [-0.15, -0.1) is 0 Å². The van der Waals surface area contributed by atoms with E-state index in [1.807, 2.05) is 0 Å². The van der Waals surface area contributed by atoms with Crippen LogP contribution in [0.15, 0.2) is 0 Å². The highest BCUT2D eigenvalue weighted by Gasteiger charge is 2.34. The van der Waals surface area contributed by atoms with Gasteiger partial charge in [0.15, 0.2) is 0 Å². The van der Waals surface area contributed by atoms with Crippen molar-refractivity contribution in [3.8, 4) is 0 Å². The van der Waals surface area contributed by atoms with E-state index in [0.29, 0.717) is 17.9 Å². The van der Waals surface area contributed by atoms with Crippen molar-refractivity contribution in [2.24, 2.45) is 5.92 Å². The molecule has 0 aromatic heterocycles. The summed E-state index contributed by atoms with van der Waals surface area (Å²) in [5.74, 6) is 0.682. The molecular weight excluding hydrogens is 114 g/mol. The molecule has 1 amide bonds. The van der Waals surface area contributed by atoms with Gasteiger partial charge in [0, 0.05) is 12.0 Å². The normalized spacial score (nSPS) is 40.7. The Labute approximate surface area is 54.6 Å². The van der Waals surface area contributed by atoms with Crippen molar-refractivity contribution >= 4 is 5.91 Å². The summed E-state index contributed by atoms with van der Waals surface area (Å²) in [5.41, 5.74) is 0. The minimum absolute atomic E-state index is 0.303. The average Bonchev–Trinajstić information content (AvgIpc) is 2.09. The standard InChI is InChI=1S/C7H11NO/c9-7-5-2-1-3-6(4-5)8-7/h5-6H,1-4H2,(H,8,9)/t5-,6+/m1/s1. The summed E-state index contributed by atoms with van der Waals surface area (Å²) >= 11 is 0. The zero-order chi connectivity index (χ0) is 6.27. The van der Waals surface area contributed by atoms with Crippen LogP contribution in [0.4, 0.5) is 0 Å². The second kappa shape index (κ2) is 1.72. The third-order valence-corrected chi connectivity index (χ3v) is 2.39. The van der Waals surface area contributed by atoms with E-state index in [0.717, 1.165) is 12.8 Å². The molecule has 1 aliphatic carbocycles. The summed E-state index contributed by atoms with van der Waals surface area (Å²) in [4.78, 5) is 10.9. The van der Waals surface area contributed by atoms with Gasteiger partial charge in [-0.25, -0.2) is 0 Å². The lowest BCUT2D eigenvalue weighted by Gasteiger charge is -2.14. The molecule has 2 rings (SSSR count). The Bertz CT molecular complexity index is 144. The molecular formula is C7H11NO. The highest BCUT2D eigenvalue weighted by molar-refractivity contribution is 5.81. The van der Waals surface area contributed by atoms with Crippen molar-refractivity contribution in [3.63, 3.8) is 0 Å². The molecule has 2 nitrogen and oxygen atoms in total. The smallest absolute Gasteiger partial charge is 0.223 e. The van der Waals surface area contributed by atoms with Gasteiger partial charge in [0.1, 0.15) is 0 Å². The quantitative estimate of drug-likeness (QED) is 0.506. The minimum Gasteiger partial charge on any atom is -0.353 e. The number of nitrogens with one attached hydrogen (secondary N) is 1. The first-order valence-corrected chi connectivity index (χ1v) is 3.66. The maximum Gasteiger partial charge on any atom is 0.223 e. The Morgan fingerprint density at radius 1 is 1.44 bits per heavy atom. The van der Waals surface area contributed by atoms with E-state index in [9.17, 15) is 4.79 Å². The van der Waals surface area contributed by atoms with E-state index in [1.165, 1.54) is 12.8 Å².